The summed E-state index contributed by atoms with van der Waals surface area (Å²) in [5, 5.41) is 0. The number of hydrogen-bond acceptors (Lipinski definition) is 6. The zero-order chi connectivity index (χ0) is 15.0. The SMILES string of the molecule is CCOC(=O)C(=CN(S)c1ccccc1)C(=O)OCC. The Labute approximate surface area is 123 Å². The second-order valence-electron chi connectivity index (χ2n) is 3.66. The van der Waals surface area contributed by atoms with Gasteiger partial charge in [-0.1, -0.05) is 31.0 Å². The van der Waals surface area contributed by atoms with Gasteiger partial charge in [-0.2, -0.15) is 0 Å². The highest BCUT2D eigenvalue weighted by molar-refractivity contribution is 7.82. The predicted molar refractivity (Wildman–Crippen MR) is 79.3 cm³/mol. The van der Waals surface area contributed by atoms with Crippen LogP contribution in [0.1, 0.15) is 13.8 Å². The molecule has 1 aromatic rings. The molecule has 0 fully saturated rings. The Bertz CT molecular complexity index is 467. The van der Waals surface area contributed by atoms with Crippen LogP contribution in [-0.2, 0) is 19.1 Å². The number of ether oxygens (including phenoxy) is 2. The van der Waals surface area contributed by atoms with Crippen LogP contribution >= 0.6 is 12.8 Å². The van der Waals surface area contributed by atoms with Crippen molar-refractivity contribution in [1.82, 2.24) is 0 Å². The van der Waals surface area contributed by atoms with Crippen molar-refractivity contribution in [2.45, 2.75) is 13.8 Å². The lowest BCUT2D eigenvalue weighted by molar-refractivity contribution is -0.146. The van der Waals surface area contributed by atoms with Gasteiger partial charge in [0.1, 0.15) is 0 Å². The van der Waals surface area contributed by atoms with Crippen molar-refractivity contribution in [1.29, 1.82) is 0 Å². The molecule has 0 amide bonds. The summed E-state index contributed by atoms with van der Waals surface area (Å²) < 4.78 is 11.0. The molecule has 0 aliphatic heterocycles. The number of esters is 2. The Morgan fingerprint density at radius 2 is 1.60 bits per heavy atom. The van der Waals surface area contributed by atoms with Crippen LogP contribution in [0, 0.1) is 0 Å². The molecule has 0 heterocycles. The molecule has 1 rings (SSSR count). The first kappa shape index (κ1) is 16.1. The molecule has 0 bridgehead atoms. The number of benzene rings is 1. The average Bonchev–Trinajstić information content (AvgIpc) is 2.45. The smallest absolute Gasteiger partial charge is 0.347 e. The minimum Gasteiger partial charge on any atom is -0.462 e. The van der Waals surface area contributed by atoms with Gasteiger partial charge >= 0.3 is 11.9 Å². The van der Waals surface area contributed by atoms with E-state index in [1.807, 2.05) is 18.2 Å². The molecule has 1 aromatic carbocycles. The van der Waals surface area contributed by atoms with Crippen LogP contribution in [0.3, 0.4) is 0 Å². The maximum atomic E-state index is 11.8. The van der Waals surface area contributed by atoms with Crippen LogP contribution in [0.15, 0.2) is 42.1 Å². The van der Waals surface area contributed by atoms with Gasteiger partial charge in [-0.05, 0) is 26.0 Å². The van der Waals surface area contributed by atoms with Gasteiger partial charge in [0.15, 0.2) is 5.57 Å². The van der Waals surface area contributed by atoms with Gasteiger partial charge < -0.3 is 9.47 Å². The minimum atomic E-state index is -0.735. The highest BCUT2D eigenvalue weighted by Crippen LogP contribution is 2.17. The van der Waals surface area contributed by atoms with Crippen LogP contribution < -0.4 is 4.31 Å². The van der Waals surface area contributed by atoms with Crippen LogP contribution in [0.2, 0.25) is 0 Å². The zero-order valence-corrected chi connectivity index (χ0v) is 12.3. The summed E-state index contributed by atoms with van der Waals surface area (Å²) in [7, 11) is 0. The maximum absolute atomic E-state index is 11.8. The van der Waals surface area contributed by atoms with Crippen LogP contribution in [-0.4, -0.2) is 25.2 Å². The molecule has 0 N–H and O–H groups in total. The van der Waals surface area contributed by atoms with Gasteiger partial charge in [0.2, 0.25) is 0 Å². The fourth-order valence-corrected chi connectivity index (χ4v) is 1.63. The minimum absolute atomic E-state index is 0.174. The number of rotatable bonds is 6. The third-order valence-corrected chi connectivity index (χ3v) is 2.61. The predicted octanol–water partition coefficient (Wildman–Crippen LogP) is 2.35. The fraction of sp³-hybridized carbons (Fsp3) is 0.286. The molecule has 5 nitrogen and oxygen atoms in total. The normalized spacial score (nSPS) is 9.55. The maximum Gasteiger partial charge on any atom is 0.347 e. The monoisotopic (exact) mass is 295 g/mol. The summed E-state index contributed by atoms with van der Waals surface area (Å²) >= 11 is 4.23. The highest BCUT2D eigenvalue weighted by Gasteiger charge is 2.22. The van der Waals surface area contributed by atoms with E-state index >= 15 is 0 Å². The number of carbonyl (C=O) groups excluding carboxylic acids is 2. The summed E-state index contributed by atoms with van der Waals surface area (Å²) in [5.41, 5.74) is 0.509. The number of para-hydroxylation sites is 1. The molecule has 0 aliphatic carbocycles. The van der Waals surface area contributed by atoms with E-state index in [0.717, 1.165) is 0 Å². The van der Waals surface area contributed by atoms with Crippen LogP contribution in [0.5, 0.6) is 0 Å². The molecule has 0 aliphatic rings. The van der Waals surface area contributed by atoms with Gasteiger partial charge in [0.25, 0.3) is 0 Å². The third kappa shape index (κ3) is 4.62. The second-order valence-corrected chi connectivity index (χ2v) is 4.09. The molecule has 0 spiro atoms. The lowest BCUT2D eigenvalue weighted by Crippen LogP contribution is -2.20. The van der Waals surface area contributed by atoms with E-state index in [1.54, 1.807) is 26.0 Å². The summed E-state index contributed by atoms with van der Waals surface area (Å²) in [5.74, 6) is -1.47. The molecule has 6 heteroatoms. The first-order valence-electron chi connectivity index (χ1n) is 6.19. The Morgan fingerprint density at radius 1 is 1.10 bits per heavy atom. The van der Waals surface area contributed by atoms with Crippen molar-refractivity contribution in [3.8, 4) is 0 Å². The molecule has 108 valence electrons. The molecular formula is C14H17NO4S. The standard InChI is InChI=1S/C14H17NO4S/c1-3-18-13(16)12(14(17)19-4-2)10-15(20)11-8-6-5-7-9-11/h5-10,20H,3-4H2,1-2H3. The topological polar surface area (TPSA) is 55.8 Å². The van der Waals surface area contributed by atoms with E-state index in [2.05, 4.69) is 12.8 Å². The first-order chi connectivity index (χ1) is 9.60. The van der Waals surface area contributed by atoms with Crippen molar-refractivity contribution in [3.05, 3.63) is 42.1 Å². The summed E-state index contributed by atoms with van der Waals surface area (Å²) in [6.45, 7) is 3.67. The van der Waals surface area contributed by atoms with Crippen LogP contribution in [0.4, 0.5) is 5.69 Å². The Morgan fingerprint density at radius 3 is 2.05 bits per heavy atom. The lowest BCUT2D eigenvalue weighted by atomic mass is 10.2. The van der Waals surface area contributed by atoms with Gasteiger partial charge in [-0.25, -0.2) is 9.59 Å². The van der Waals surface area contributed by atoms with E-state index < -0.39 is 11.9 Å². The molecule has 0 aromatic heterocycles. The van der Waals surface area contributed by atoms with Gasteiger partial charge in [0.05, 0.1) is 18.9 Å². The van der Waals surface area contributed by atoms with E-state index in [1.165, 1.54) is 10.5 Å². The third-order valence-electron chi connectivity index (χ3n) is 2.26. The van der Waals surface area contributed by atoms with Crippen molar-refractivity contribution in [2.75, 3.05) is 17.5 Å². The molecule has 20 heavy (non-hydrogen) atoms. The molecule has 0 radical (unpaired) electrons. The number of nitrogens with zero attached hydrogens (tertiary/aromatic N) is 1. The van der Waals surface area contributed by atoms with E-state index in [0.29, 0.717) is 5.69 Å². The lowest BCUT2D eigenvalue weighted by Gasteiger charge is -2.14. The first-order valence-corrected chi connectivity index (χ1v) is 6.59. The quantitative estimate of drug-likeness (QED) is 0.287. The van der Waals surface area contributed by atoms with Gasteiger partial charge in [-0.15, -0.1) is 0 Å². The number of thiol groups is 1. The molecule has 0 saturated heterocycles. The Hall–Kier alpha value is -1.95. The van der Waals surface area contributed by atoms with E-state index in [-0.39, 0.29) is 18.8 Å². The molecule has 0 atom stereocenters. The number of anilines is 1. The van der Waals surface area contributed by atoms with Crippen molar-refractivity contribution in [2.24, 2.45) is 0 Å². The van der Waals surface area contributed by atoms with Gasteiger partial charge in [0, 0.05) is 6.20 Å². The fourth-order valence-electron chi connectivity index (χ4n) is 1.38. The molecule has 0 saturated carbocycles. The van der Waals surface area contributed by atoms with E-state index in [9.17, 15) is 9.59 Å². The number of carbonyl (C=O) groups is 2. The zero-order valence-electron chi connectivity index (χ0n) is 11.4. The second kappa shape index (κ2) is 8.27. The van der Waals surface area contributed by atoms with Crippen LogP contribution in [0.25, 0.3) is 0 Å². The Kier molecular flexibility index (Phi) is 6.66. The largest absolute Gasteiger partial charge is 0.462 e. The molecule has 0 unspecified atom stereocenters. The number of hydrogen-bond donors (Lipinski definition) is 1. The van der Waals surface area contributed by atoms with Crippen molar-refractivity contribution >= 4 is 30.4 Å². The Balaban J connectivity index is 3.00. The average molecular weight is 295 g/mol. The summed E-state index contributed by atoms with van der Waals surface area (Å²) in [4.78, 5) is 23.5. The summed E-state index contributed by atoms with van der Waals surface area (Å²) in [6.07, 6.45) is 1.29. The van der Waals surface area contributed by atoms with Crippen molar-refractivity contribution in [3.63, 3.8) is 0 Å². The van der Waals surface area contributed by atoms with Gasteiger partial charge in [-0.3, -0.25) is 4.31 Å². The molecular weight excluding hydrogens is 278 g/mol. The van der Waals surface area contributed by atoms with E-state index in [4.69, 9.17) is 9.47 Å². The summed E-state index contributed by atoms with van der Waals surface area (Å²) in [6, 6.07) is 9.07. The highest BCUT2D eigenvalue weighted by atomic mass is 32.1. The van der Waals surface area contributed by atoms with Crippen molar-refractivity contribution < 1.29 is 19.1 Å².